The van der Waals surface area contributed by atoms with Crippen LogP contribution in [0.1, 0.15) is 12.7 Å². The van der Waals surface area contributed by atoms with Gasteiger partial charge in [-0.2, -0.15) is 4.37 Å². The zero-order valence-electron chi connectivity index (χ0n) is 8.39. The van der Waals surface area contributed by atoms with Crippen LogP contribution in [0.25, 0.3) is 0 Å². The standard InChI is InChI=1S/C8H13N3O2S/c1-5(7(12)13)4-11(3)8-9-6(2)10-14-8/h5H,4H2,1-3H3,(H,12,13). The summed E-state index contributed by atoms with van der Waals surface area (Å²) in [7, 11) is 1.82. The Bertz CT molecular complexity index is 326. The summed E-state index contributed by atoms with van der Waals surface area (Å²) in [6.45, 7) is 3.94. The highest BCUT2D eigenvalue weighted by molar-refractivity contribution is 7.09. The topological polar surface area (TPSA) is 66.3 Å². The molecule has 5 nitrogen and oxygen atoms in total. The van der Waals surface area contributed by atoms with Crippen molar-refractivity contribution < 1.29 is 9.90 Å². The minimum absolute atomic E-state index is 0.399. The Morgan fingerprint density at radius 2 is 2.36 bits per heavy atom. The molecule has 0 aliphatic carbocycles. The molecule has 0 bridgehead atoms. The molecule has 0 radical (unpaired) electrons. The van der Waals surface area contributed by atoms with Crippen LogP contribution < -0.4 is 4.90 Å². The molecule has 6 heteroatoms. The molecule has 0 fully saturated rings. The van der Waals surface area contributed by atoms with Crippen LogP contribution >= 0.6 is 11.5 Å². The Kier molecular flexibility index (Phi) is 3.40. The summed E-state index contributed by atoms with van der Waals surface area (Å²) in [6.07, 6.45) is 0. The van der Waals surface area contributed by atoms with Crippen LogP contribution in [-0.2, 0) is 4.79 Å². The zero-order valence-corrected chi connectivity index (χ0v) is 9.21. The summed E-state index contributed by atoms with van der Waals surface area (Å²) in [4.78, 5) is 16.6. The lowest BCUT2D eigenvalue weighted by molar-refractivity contribution is -0.140. The van der Waals surface area contributed by atoms with E-state index in [4.69, 9.17) is 5.11 Å². The SMILES string of the molecule is Cc1nsc(N(C)CC(C)C(=O)O)n1. The van der Waals surface area contributed by atoms with Crippen LogP contribution in [0.5, 0.6) is 0 Å². The van der Waals surface area contributed by atoms with Gasteiger partial charge in [0.2, 0.25) is 5.13 Å². The first-order valence-corrected chi connectivity index (χ1v) is 5.02. The summed E-state index contributed by atoms with van der Waals surface area (Å²) >= 11 is 1.28. The third-order valence-corrected chi connectivity index (χ3v) is 2.73. The van der Waals surface area contributed by atoms with Crippen LogP contribution in [0.15, 0.2) is 0 Å². The minimum Gasteiger partial charge on any atom is -0.481 e. The molecule has 14 heavy (non-hydrogen) atoms. The monoisotopic (exact) mass is 215 g/mol. The lowest BCUT2D eigenvalue weighted by atomic mass is 10.2. The smallest absolute Gasteiger partial charge is 0.308 e. The summed E-state index contributed by atoms with van der Waals surface area (Å²) in [5.74, 6) is -0.470. The average Bonchev–Trinajstić information content (AvgIpc) is 2.51. The van der Waals surface area contributed by atoms with Crippen molar-refractivity contribution >= 4 is 22.6 Å². The molecule has 1 aromatic heterocycles. The summed E-state index contributed by atoms with van der Waals surface area (Å²) in [5, 5.41) is 9.48. The van der Waals surface area contributed by atoms with E-state index in [2.05, 4.69) is 9.36 Å². The van der Waals surface area contributed by atoms with Gasteiger partial charge in [-0.25, -0.2) is 4.98 Å². The first-order chi connectivity index (χ1) is 6.50. The van der Waals surface area contributed by atoms with E-state index in [0.29, 0.717) is 6.54 Å². The van der Waals surface area contributed by atoms with Crippen molar-refractivity contribution in [3.05, 3.63) is 5.82 Å². The maximum atomic E-state index is 10.6. The quantitative estimate of drug-likeness (QED) is 0.811. The number of rotatable bonds is 4. The van der Waals surface area contributed by atoms with Crippen molar-refractivity contribution in [2.24, 2.45) is 5.92 Å². The van der Waals surface area contributed by atoms with Crippen molar-refractivity contribution in [1.82, 2.24) is 9.36 Å². The van der Waals surface area contributed by atoms with E-state index in [1.165, 1.54) is 11.5 Å². The van der Waals surface area contributed by atoms with Gasteiger partial charge in [0.25, 0.3) is 0 Å². The molecule has 0 aromatic carbocycles. The molecule has 1 rings (SSSR count). The number of anilines is 1. The van der Waals surface area contributed by atoms with Gasteiger partial charge in [-0.3, -0.25) is 4.79 Å². The highest BCUT2D eigenvalue weighted by atomic mass is 32.1. The van der Waals surface area contributed by atoms with Gasteiger partial charge >= 0.3 is 5.97 Å². The number of carbonyl (C=O) groups is 1. The second-order valence-electron chi connectivity index (χ2n) is 3.24. The molecule has 1 aromatic rings. The van der Waals surface area contributed by atoms with Gasteiger partial charge in [0.15, 0.2) is 0 Å². The van der Waals surface area contributed by atoms with E-state index < -0.39 is 11.9 Å². The lowest BCUT2D eigenvalue weighted by Crippen LogP contribution is -2.28. The largest absolute Gasteiger partial charge is 0.481 e. The van der Waals surface area contributed by atoms with Gasteiger partial charge < -0.3 is 10.0 Å². The maximum Gasteiger partial charge on any atom is 0.308 e. The molecule has 1 N–H and O–H groups in total. The fourth-order valence-electron chi connectivity index (χ4n) is 1.01. The van der Waals surface area contributed by atoms with E-state index in [9.17, 15) is 4.79 Å². The molecule has 0 saturated heterocycles. The highest BCUT2D eigenvalue weighted by Crippen LogP contribution is 2.16. The molecule has 0 amide bonds. The van der Waals surface area contributed by atoms with Crippen molar-refractivity contribution in [2.45, 2.75) is 13.8 Å². The third kappa shape index (κ3) is 2.66. The van der Waals surface area contributed by atoms with Gasteiger partial charge in [-0.15, -0.1) is 0 Å². The van der Waals surface area contributed by atoms with E-state index in [1.807, 2.05) is 18.9 Å². The number of hydrogen-bond donors (Lipinski definition) is 1. The molecule has 78 valence electrons. The highest BCUT2D eigenvalue weighted by Gasteiger charge is 2.15. The number of nitrogens with zero attached hydrogens (tertiary/aromatic N) is 3. The Morgan fingerprint density at radius 3 is 2.79 bits per heavy atom. The normalized spacial score (nSPS) is 12.5. The predicted molar refractivity (Wildman–Crippen MR) is 54.7 cm³/mol. The van der Waals surface area contributed by atoms with Crippen molar-refractivity contribution in [1.29, 1.82) is 0 Å². The average molecular weight is 215 g/mol. The van der Waals surface area contributed by atoms with E-state index in [0.717, 1.165) is 11.0 Å². The summed E-state index contributed by atoms with van der Waals surface area (Å²) in [6, 6.07) is 0. The fraction of sp³-hybridized carbons (Fsp3) is 0.625. The number of aryl methyl sites for hydroxylation is 1. The van der Waals surface area contributed by atoms with Gasteiger partial charge in [-0.1, -0.05) is 6.92 Å². The second kappa shape index (κ2) is 4.36. The lowest BCUT2D eigenvalue weighted by Gasteiger charge is -2.17. The number of carboxylic acids is 1. The van der Waals surface area contributed by atoms with E-state index >= 15 is 0 Å². The Morgan fingerprint density at radius 1 is 1.71 bits per heavy atom. The number of hydrogen-bond acceptors (Lipinski definition) is 5. The molecular weight excluding hydrogens is 202 g/mol. The van der Waals surface area contributed by atoms with E-state index in [-0.39, 0.29) is 0 Å². The van der Waals surface area contributed by atoms with Crippen LogP contribution in [0, 0.1) is 12.8 Å². The minimum atomic E-state index is -0.793. The van der Waals surface area contributed by atoms with Crippen molar-refractivity contribution in [2.75, 3.05) is 18.5 Å². The molecule has 0 spiro atoms. The third-order valence-electron chi connectivity index (χ3n) is 1.81. The first kappa shape index (κ1) is 10.9. The molecule has 0 aliphatic heterocycles. The molecule has 1 atom stereocenters. The Hall–Kier alpha value is -1.17. The van der Waals surface area contributed by atoms with Crippen molar-refractivity contribution in [3.8, 4) is 0 Å². The molecule has 1 heterocycles. The number of aliphatic carboxylic acids is 1. The predicted octanol–water partition coefficient (Wildman–Crippen LogP) is 1.00. The molecule has 0 aliphatic rings. The van der Waals surface area contributed by atoms with Gasteiger partial charge in [0, 0.05) is 25.1 Å². The van der Waals surface area contributed by atoms with Crippen LogP contribution in [0.2, 0.25) is 0 Å². The van der Waals surface area contributed by atoms with Gasteiger partial charge in [0.05, 0.1) is 5.92 Å². The van der Waals surface area contributed by atoms with Crippen molar-refractivity contribution in [3.63, 3.8) is 0 Å². The van der Waals surface area contributed by atoms with E-state index in [1.54, 1.807) is 6.92 Å². The van der Waals surface area contributed by atoms with Crippen LogP contribution in [-0.4, -0.2) is 34.0 Å². The Labute approximate surface area is 86.6 Å². The Balaban J connectivity index is 2.58. The van der Waals surface area contributed by atoms with Gasteiger partial charge in [-0.05, 0) is 6.92 Å². The van der Waals surface area contributed by atoms with Crippen LogP contribution in [0.4, 0.5) is 5.13 Å². The summed E-state index contributed by atoms with van der Waals surface area (Å²) in [5.41, 5.74) is 0. The van der Waals surface area contributed by atoms with Gasteiger partial charge in [0.1, 0.15) is 5.82 Å². The maximum absolute atomic E-state index is 10.6. The molecule has 0 saturated carbocycles. The number of carboxylic acid groups (broad SMARTS) is 1. The summed E-state index contributed by atoms with van der Waals surface area (Å²) < 4.78 is 4.03. The molecular formula is C8H13N3O2S. The zero-order chi connectivity index (χ0) is 10.7. The number of aromatic nitrogens is 2. The second-order valence-corrected chi connectivity index (χ2v) is 3.97. The first-order valence-electron chi connectivity index (χ1n) is 4.25. The van der Waals surface area contributed by atoms with Crippen LogP contribution in [0.3, 0.4) is 0 Å². The fourth-order valence-corrected chi connectivity index (χ4v) is 1.65. The molecule has 1 unspecified atom stereocenters.